The molecule has 0 spiro atoms. The Bertz CT molecular complexity index is 400. The van der Waals surface area contributed by atoms with Crippen LogP contribution in [0.15, 0.2) is 24.3 Å². The van der Waals surface area contributed by atoms with E-state index in [9.17, 15) is 0 Å². The van der Waals surface area contributed by atoms with Crippen LogP contribution >= 0.6 is 0 Å². The highest BCUT2D eigenvalue weighted by molar-refractivity contribution is 5.27. The number of hydrogen-bond acceptors (Lipinski definition) is 3. The minimum Gasteiger partial charge on any atom is -0.497 e. The lowest BCUT2D eigenvalue weighted by Gasteiger charge is -2.26. The van der Waals surface area contributed by atoms with Crippen molar-refractivity contribution in [1.29, 1.82) is 0 Å². The molecular formula is C17H28N2O. The second-order valence-corrected chi connectivity index (χ2v) is 6.11. The van der Waals surface area contributed by atoms with Gasteiger partial charge in [0, 0.05) is 24.7 Å². The molecule has 2 rings (SSSR count). The first kappa shape index (κ1) is 15.3. The lowest BCUT2D eigenvalue weighted by Crippen LogP contribution is -2.42. The van der Waals surface area contributed by atoms with Gasteiger partial charge in [-0.2, -0.15) is 0 Å². The van der Waals surface area contributed by atoms with Crippen molar-refractivity contribution < 1.29 is 4.74 Å². The molecule has 1 aromatic rings. The van der Waals surface area contributed by atoms with E-state index in [0.29, 0.717) is 12.1 Å². The summed E-state index contributed by atoms with van der Waals surface area (Å²) in [6, 6.07) is 10.3. The van der Waals surface area contributed by atoms with Gasteiger partial charge in [0.15, 0.2) is 0 Å². The molecule has 0 saturated heterocycles. The van der Waals surface area contributed by atoms with Gasteiger partial charge in [0.25, 0.3) is 0 Å². The Morgan fingerprint density at radius 3 is 2.45 bits per heavy atom. The molecule has 3 nitrogen and oxygen atoms in total. The monoisotopic (exact) mass is 276 g/mol. The number of benzene rings is 1. The smallest absolute Gasteiger partial charge is 0.118 e. The standard InChI is InChI=1S/C17H28N2O/c1-13(11-15-5-9-17(20-4)10-6-15)18-12-14(2)19(3)16-7-8-16/h5-6,9-10,13-14,16,18H,7-8,11-12H2,1-4H3. The van der Waals surface area contributed by atoms with Crippen molar-refractivity contribution in [2.24, 2.45) is 0 Å². The van der Waals surface area contributed by atoms with Crippen molar-refractivity contribution >= 4 is 0 Å². The van der Waals surface area contributed by atoms with E-state index in [1.54, 1.807) is 7.11 Å². The molecule has 1 fully saturated rings. The molecule has 1 aliphatic carbocycles. The summed E-state index contributed by atoms with van der Waals surface area (Å²) < 4.78 is 5.19. The summed E-state index contributed by atoms with van der Waals surface area (Å²) in [4.78, 5) is 2.51. The van der Waals surface area contributed by atoms with E-state index >= 15 is 0 Å². The fraction of sp³-hybridized carbons (Fsp3) is 0.647. The first-order valence-electron chi connectivity index (χ1n) is 7.68. The van der Waals surface area contributed by atoms with Gasteiger partial charge in [-0.1, -0.05) is 12.1 Å². The van der Waals surface area contributed by atoms with Crippen LogP contribution in [0.5, 0.6) is 5.75 Å². The third-order valence-electron chi connectivity index (χ3n) is 4.28. The highest BCUT2D eigenvalue weighted by atomic mass is 16.5. The Labute approximate surface area is 123 Å². The van der Waals surface area contributed by atoms with Gasteiger partial charge in [0.2, 0.25) is 0 Å². The van der Waals surface area contributed by atoms with Crippen molar-refractivity contribution in [3.63, 3.8) is 0 Å². The maximum atomic E-state index is 5.19. The van der Waals surface area contributed by atoms with Gasteiger partial charge >= 0.3 is 0 Å². The molecule has 0 aromatic heterocycles. The van der Waals surface area contributed by atoms with Crippen LogP contribution in [0.3, 0.4) is 0 Å². The van der Waals surface area contributed by atoms with Crippen molar-refractivity contribution in [2.45, 2.75) is 51.2 Å². The molecule has 3 heteroatoms. The van der Waals surface area contributed by atoms with E-state index in [0.717, 1.165) is 24.8 Å². The predicted octanol–water partition coefficient (Wildman–Crippen LogP) is 2.70. The quantitative estimate of drug-likeness (QED) is 0.790. The second-order valence-electron chi connectivity index (χ2n) is 6.11. The van der Waals surface area contributed by atoms with Crippen LogP contribution in [-0.2, 0) is 6.42 Å². The number of nitrogens with zero attached hydrogens (tertiary/aromatic N) is 1. The van der Waals surface area contributed by atoms with Crippen LogP contribution < -0.4 is 10.1 Å². The van der Waals surface area contributed by atoms with Crippen LogP contribution in [-0.4, -0.2) is 43.7 Å². The number of nitrogens with one attached hydrogen (secondary N) is 1. The second kappa shape index (κ2) is 7.09. The molecule has 1 aliphatic rings. The summed E-state index contributed by atoms with van der Waals surface area (Å²) in [5.41, 5.74) is 1.36. The minimum atomic E-state index is 0.499. The summed E-state index contributed by atoms with van der Waals surface area (Å²) in [6.45, 7) is 5.63. The molecule has 0 amide bonds. The maximum Gasteiger partial charge on any atom is 0.118 e. The predicted molar refractivity (Wildman–Crippen MR) is 84.4 cm³/mol. The van der Waals surface area contributed by atoms with Gasteiger partial charge in [0.1, 0.15) is 5.75 Å². The highest BCUT2D eigenvalue weighted by Crippen LogP contribution is 2.26. The topological polar surface area (TPSA) is 24.5 Å². The Kier molecular flexibility index (Phi) is 5.44. The molecule has 0 heterocycles. The van der Waals surface area contributed by atoms with Gasteiger partial charge in [-0.25, -0.2) is 0 Å². The average Bonchev–Trinajstić information content (AvgIpc) is 3.29. The SMILES string of the molecule is COc1ccc(CC(C)NCC(C)N(C)C2CC2)cc1. The summed E-state index contributed by atoms with van der Waals surface area (Å²) in [6.07, 6.45) is 3.81. The number of hydrogen-bond donors (Lipinski definition) is 1. The molecule has 0 bridgehead atoms. The number of methoxy groups -OCH3 is 1. The van der Waals surface area contributed by atoms with E-state index in [4.69, 9.17) is 4.74 Å². The van der Waals surface area contributed by atoms with Gasteiger partial charge in [-0.05, 0) is 57.9 Å². The fourth-order valence-electron chi connectivity index (χ4n) is 2.54. The molecule has 2 atom stereocenters. The van der Waals surface area contributed by atoms with Crippen molar-refractivity contribution in [3.8, 4) is 5.75 Å². The van der Waals surface area contributed by atoms with Gasteiger partial charge in [-0.3, -0.25) is 4.90 Å². The van der Waals surface area contributed by atoms with Gasteiger partial charge in [0.05, 0.1) is 7.11 Å². The van der Waals surface area contributed by atoms with Crippen LogP contribution in [0, 0.1) is 0 Å². The van der Waals surface area contributed by atoms with Gasteiger partial charge in [-0.15, -0.1) is 0 Å². The largest absolute Gasteiger partial charge is 0.497 e. The Morgan fingerprint density at radius 2 is 1.90 bits per heavy atom. The van der Waals surface area contributed by atoms with E-state index < -0.39 is 0 Å². The van der Waals surface area contributed by atoms with Crippen LogP contribution in [0.4, 0.5) is 0 Å². The van der Waals surface area contributed by atoms with E-state index in [1.807, 2.05) is 12.1 Å². The molecular weight excluding hydrogens is 248 g/mol. The Morgan fingerprint density at radius 1 is 1.25 bits per heavy atom. The summed E-state index contributed by atoms with van der Waals surface area (Å²) in [5, 5.41) is 3.65. The molecule has 0 aliphatic heterocycles. The summed E-state index contributed by atoms with van der Waals surface area (Å²) >= 11 is 0. The van der Waals surface area contributed by atoms with Crippen molar-refractivity contribution in [1.82, 2.24) is 10.2 Å². The fourth-order valence-corrected chi connectivity index (χ4v) is 2.54. The normalized spacial score (nSPS) is 18.1. The van der Waals surface area contributed by atoms with E-state index in [2.05, 4.69) is 43.2 Å². The zero-order valence-corrected chi connectivity index (χ0v) is 13.2. The van der Waals surface area contributed by atoms with E-state index in [-0.39, 0.29) is 0 Å². The number of rotatable bonds is 8. The first-order chi connectivity index (χ1) is 9.60. The third-order valence-corrected chi connectivity index (χ3v) is 4.28. The zero-order valence-electron chi connectivity index (χ0n) is 13.2. The summed E-state index contributed by atoms with van der Waals surface area (Å²) in [7, 11) is 3.95. The maximum absolute atomic E-state index is 5.19. The van der Waals surface area contributed by atoms with Crippen molar-refractivity contribution in [3.05, 3.63) is 29.8 Å². The molecule has 1 N–H and O–H groups in total. The third kappa shape index (κ3) is 4.50. The Hall–Kier alpha value is -1.06. The molecule has 2 unspecified atom stereocenters. The van der Waals surface area contributed by atoms with Crippen LogP contribution in [0.1, 0.15) is 32.3 Å². The summed E-state index contributed by atoms with van der Waals surface area (Å²) in [5.74, 6) is 0.925. The Balaban J connectivity index is 1.72. The van der Waals surface area contributed by atoms with E-state index in [1.165, 1.54) is 18.4 Å². The van der Waals surface area contributed by atoms with Gasteiger partial charge < -0.3 is 10.1 Å². The van der Waals surface area contributed by atoms with Crippen LogP contribution in [0.2, 0.25) is 0 Å². The number of likely N-dealkylation sites (N-methyl/N-ethyl adjacent to an activating group) is 1. The molecule has 1 saturated carbocycles. The molecule has 20 heavy (non-hydrogen) atoms. The average molecular weight is 276 g/mol. The highest BCUT2D eigenvalue weighted by Gasteiger charge is 2.28. The van der Waals surface area contributed by atoms with Crippen LogP contribution in [0.25, 0.3) is 0 Å². The minimum absolute atomic E-state index is 0.499. The zero-order chi connectivity index (χ0) is 14.5. The number of ether oxygens (including phenoxy) is 1. The molecule has 1 aromatic carbocycles. The lowest BCUT2D eigenvalue weighted by molar-refractivity contribution is 0.236. The first-order valence-corrected chi connectivity index (χ1v) is 7.68. The molecule has 112 valence electrons. The van der Waals surface area contributed by atoms with Crippen molar-refractivity contribution in [2.75, 3.05) is 20.7 Å². The molecule has 0 radical (unpaired) electrons. The lowest BCUT2D eigenvalue weighted by atomic mass is 10.1.